The molecule has 0 aliphatic heterocycles. The molecule has 31 heavy (non-hydrogen) atoms. The monoisotopic (exact) mass is 433 g/mol. The number of aryl methyl sites for hydroxylation is 1. The van der Waals surface area contributed by atoms with Crippen molar-refractivity contribution < 1.29 is 14.3 Å². The summed E-state index contributed by atoms with van der Waals surface area (Å²) >= 11 is 1.43. The molecule has 2 amide bonds. The van der Waals surface area contributed by atoms with Crippen LogP contribution in [0.2, 0.25) is 0 Å². The molecule has 1 aromatic heterocycles. The zero-order chi connectivity index (χ0) is 21.8. The predicted molar refractivity (Wildman–Crippen MR) is 123 cm³/mol. The first-order chi connectivity index (χ1) is 15.0. The van der Waals surface area contributed by atoms with E-state index in [9.17, 15) is 9.59 Å². The minimum Gasteiger partial charge on any atom is -0.497 e. The fourth-order valence-electron chi connectivity index (χ4n) is 3.03. The highest BCUT2D eigenvalue weighted by Crippen LogP contribution is 2.31. The fraction of sp³-hybridized carbons (Fsp3) is 0.208. The first-order valence-electron chi connectivity index (χ1n) is 10.0. The highest BCUT2D eigenvalue weighted by atomic mass is 32.1. The average molecular weight is 434 g/mol. The predicted octanol–water partition coefficient (Wildman–Crippen LogP) is 4.67. The third-order valence-corrected chi connectivity index (χ3v) is 5.79. The van der Waals surface area contributed by atoms with Gasteiger partial charge in [0.2, 0.25) is 5.91 Å². The lowest BCUT2D eigenvalue weighted by Gasteiger charge is -2.03. The topological polar surface area (TPSA) is 80.3 Å². The second-order valence-electron chi connectivity index (χ2n) is 7.34. The molecule has 0 saturated heterocycles. The first-order valence-corrected chi connectivity index (χ1v) is 10.9. The Morgan fingerprint density at radius 2 is 1.81 bits per heavy atom. The Labute approximate surface area is 185 Å². The number of nitrogens with one attached hydrogen (secondary N) is 2. The van der Waals surface area contributed by atoms with Crippen LogP contribution in [-0.4, -0.2) is 29.9 Å². The summed E-state index contributed by atoms with van der Waals surface area (Å²) in [5, 5.41) is 6.32. The van der Waals surface area contributed by atoms with Crippen LogP contribution in [0.1, 0.15) is 33.6 Å². The van der Waals surface area contributed by atoms with Gasteiger partial charge in [-0.25, -0.2) is 4.98 Å². The largest absolute Gasteiger partial charge is 0.497 e. The Morgan fingerprint density at radius 3 is 2.45 bits per heavy atom. The number of amides is 2. The minimum atomic E-state index is -0.259. The summed E-state index contributed by atoms with van der Waals surface area (Å²) in [6.45, 7) is 1.98. The van der Waals surface area contributed by atoms with E-state index in [-0.39, 0.29) is 11.8 Å². The standard InChI is InChI=1S/C24H23N3O3S/c1-15-22(17-8-12-20(30-2)13-9-17)27-24(31-15)26-21(28)14-5-16-3-6-18(7-4-16)23(29)25-19-10-11-19/h3-9,12-14,19H,10-11H2,1-2H3,(H,25,29)(H,26,27,28)/b14-5+. The Bertz CT molecular complexity index is 1110. The molecule has 0 bridgehead atoms. The van der Waals surface area contributed by atoms with Gasteiger partial charge >= 0.3 is 0 Å². The molecule has 0 spiro atoms. The summed E-state index contributed by atoms with van der Waals surface area (Å²) in [5.74, 6) is 0.472. The van der Waals surface area contributed by atoms with E-state index in [0.29, 0.717) is 16.7 Å². The maximum absolute atomic E-state index is 12.3. The summed E-state index contributed by atoms with van der Waals surface area (Å²) in [6.07, 6.45) is 5.29. The fourth-order valence-corrected chi connectivity index (χ4v) is 3.87. The van der Waals surface area contributed by atoms with E-state index in [4.69, 9.17) is 4.74 Å². The summed E-state index contributed by atoms with van der Waals surface area (Å²) in [7, 11) is 1.63. The molecule has 1 saturated carbocycles. The zero-order valence-electron chi connectivity index (χ0n) is 17.3. The van der Waals surface area contributed by atoms with Crippen molar-refractivity contribution in [1.82, 2.24) is 10.3 Å². The third-order valence-electron chi connectivity index (χ3n) is 4.90. The Balaban J connectivity index is 1.37. The second-order valence-corrected chi connectivity index (χ2v) is 8.55. The smallest absolute Gasteiger partial charge is 0.251 e. The molecule has 3 aromatic rings. The van der Waals surface area contributed by atoms with Crippen LogP contribution in [0.4, 0.5) is 5.13 Å². The van der Waals surface area contributed by atoms with E-state index in [1.165, 1.54) is 17.4 Å². The van der Waals surface area contributed by atoms with Crippen molar-refractivity contribution >= 4 is 34.4 Å². The Morgan fingerprint density at radius 1 is 1.10 bits per heavy atom. The number of thiazole rings is 1. The van der Waals surface area contributed by atoms with Crippen LogP contribution in [0.5, 0.6) is 5.75 Å². The number of anilines is 1. The van der Waals surface area contributed by atoms with Crippen molar-refractivity contribution in [3.63, 3.8) is 0 Å². The molecule has 2 N–H and O–H groups in total. The number of rotatable bonds is 7. The third kappa shape index (κ3) is 5.38. The molecule has 0 unspecified atom stereocenters. The number of carbonyl (C=O) groups is 2. The number of ether oxygens (including phenoxy) is 1. The van der Waals surface area contributed by atoms with Crippen LogP contribution >= 0.6 is 11.3 Å². The first kappa shape index (κ1) is 20.8. The van der Waals surface area contributed by atoms with Crippen LogP contribution in [0.15, 0.2) is 54.6 Å². The van der Waals surface area contributed by atoms with Gasteiger partial charge < -0.3 is 10.1 Å². The molecule has 2 aromatic carbocycles. The molecule has 6 nitrogen and oxygen atoms in total. The lowest BCUT2D eigenvalue weighted by Crippen LogP contribution is -2.25. The van der Waals surface area contributed by atoms with E-state index in [0.717, 1.165) is 40.3 Å². The number of carbonyl (C=O) groups excluding carboxylic acids is 2. The lowest BCUT2D eigenvalue weighted by molar-refractivity contribution is -0.111. The number of nitrogens with zero attached hydrogens (tertiary/aromatic N) is 1. The summed E-state index contributed by atoms with van der Waals surface area (Å²) in [6, 6.07) is 15.2. The van der Waals surface area contributed by atoms with E-state index in [1.54, 1.807) is 25.3 Å². The van der Waals surface area contributed by atoms with E-state index >= 15 is 0 Å². The lowest BCUT2D eigenvalue weighted by atomic mass is 10.1. The molecule has 1 fully saturated rings. The summed E-state index contributed by atoms with van der Waals surface area (Å²) in [4.78, 5) is 29.9. The maximum Gasteiger partial charge on any atom is 0.251 e. The Hall–Kier alpha value is -3.45. The number of aromatic nitrogens is 1. The van der Waals surface area contributed by atoms with Crippen molar-refractivity contribution in [1.29, 1.82) is 0 Å². The molecule has 1 aliphatic carbocycles. The Kier molecular flexibility index (Phi) is 6.13. The van der Waals surface area contributed by atoms with E-state index < -0.39 is 0 Å². The van der Waals surface area contributed by atoms with Crippen molar-refractivity contribution in [2.45, 2.75) is 25.8 Å². The SMILES string of the molecule is COc1ccc(-c2nc(NC(=O)/C=C/c3ccc(C(=O)NC4CC4)cc3)sc2C)cc1. The van der Waals surface area contributed by atoms with Gasteiger partial charge in [0.15, 0.2) is 5.13 Å². The van der Waals surface area contributed by atoms with E-state index in [1.807, 2.05) is 43.3 Å². The van der Waals surface area contributed by atoms with Crippen LogP contribution < -0.4 is 15.4 Å². The molecule has 4 rings (SSSR count). The van der Waals surface area contributed by atoms with Gasteiger partial charge in [0.1, 0.15) is 5.75 Å². The van der Waals surface area contributed by atoms with Gasteiger partial charge in [-0.3, -0.25) is 14.9 Å². The van der Waals surface area contributed by atoms with Crippen molar-refractivity contribution in [3.05, 3.63) is 70.6 Å². The molecule has 0 atom stereocenters. The number of hydrogen-bond donors (Lipinski definition) is 2. The van der Waals surface area contributed by atoms with Crippen molar-refractivity contribution in [3.8, 4) is 17.0 Å². The normalized spacial score (nSPS) is 13.2. The van der Waals surface area contributed by atoms with E-state index in [2.05, 4.69) is 15.6 Å². The van der Waals surface area contributed by atoms with Gasteiger partial charge in [0, 0.05) is 28.1 Å². The number of hydrogen-bond acceptors (Lipinski definition) is 5. The second kappa shape index (κ2) is 9.14. The van der Waals surface area contributed by atoms with Gasteiger partial charge in [0.05, 0.1) is 12.8 Å². The van der Waals surface area contributed by atoms with Gasteiger partial charge in [0.25, 0.3) is 5.91 Å². The van der Waals surface area contributed by atoms with Crippen molar-refractivity contribution in [2.75, 3.05) is 12.4 Å². The van der Waals surface area contributed by atoms with Crippen LogP contribution in [0, 0.1) is 6.92 Å². The quantitative estimate of drug-likeness (QED) is 0.531. The zero-order valence-corrected chi connectivity index (χ0v) is 18.2. The van der Waals surface area contributed by atoms with Crippen molar-refractivity contribution in [2.24, 2.45) is 0 Å². The highest BCUT2D eigenvalue weighted by Gasteiger charge is 2.23. The number of benzene rings is 2. The van der Waals surface area contributed by atoms with Crippen LogP contribution in [-0.2, 0) is 4.79 Å². The minimum absolute atomic E-state index is 0.0532. The highest BCUT2D eigenvalue weighted by molar-refractivity contribution is 7.16. The summed E-state index contributed by atoms with van der Waals surface area (Å²) < 4.78 is 5.19. The molecular weight excluding hydrogens is 410 g/mol. The van der Waals surface area contributed by atoms with Gasteiger partial charge in [-0.1, -0.05) is 12.1 Å². The van der Waals surface area contributed by atoms with Gasteiger partial charge in [-0.2, -0.15) is 0 Å². The molecule has 1 heterocycles. The molecule has 1 aliphatic rings. The molecule has 158 valence electrons. The van der Waals surface area contributed by atoms with Crippen LogP contribution in [0.3, 0.4) is 0 Å². The summed E-state index contributed by atoms with van der Waals surface area (Å²) in [5.41, 5.74) is 3.27. The van der Waals surface area contributed by atoms with Crippen LogP contribution in [0.25, 0.3) is 17.3 Å². The molecular formula is C24H23N3O3S. The maximum atomic E-state index is 12.3. The number of methoxy groups -OCH3 is 1. The molecule has 0 radical (unpaired) electrons. The van der Waals surface area contributed by atoms with Gasteiger partial charge in [-0.15, -0.1) is 11.3 Å². The average Bonchev–Trinajstić information content (AvgIpc) is 3.53. The molecule has 7 heteroatoms. The van der Waals surface area contributed by atoms with Gasteiger partial charge in [-0.05, 0) is 67.8 Å².